The smallest absolute Gasteiger partial charge is 0.453 e. The molecule has 8 nitrogen and oxygen atoms in total. The monoisotopic (exact) mass is 377 g/mol. The Morgan fingerprint density at radius 1 is 1.54 bits per heavy atom. The van der Waals surface area contributed by atoms with E-state index in [-0.39, 0.29) is 12.3 Å². The molecule has 1 unspecified atom stereocenters. The van der Waals surface area contributed by atoms with Gasteiger partial charge in [-0.25, -0.2) is 9.00 Å². The second-order valence-corrected chi connectivity index (χ2v) is 6.53. The molecule has 0 radical (unpaired) electrons. The van der Waals surface area contributed by atoms with Crippen molar-refractivity contribution >= 4 is 35.6 Å². The highest BCUT2D eigenvalue weighted by Crippen LogP contribution is 2.24. The van der Waals surface area contributed by atoms with Gasteiger partial charge in [0.2, 0.25) is 0 Å². The fourth-order valence-electron chi connectivity index (χ4n) is 2.17. The molecule has 1 atom stereocenters. The first-order valence-corrected chi connectivity index (χ1v) is 8.79. The molecule has 0 saturated carbocycles. The number of carbonyl (C=O) groups is 1. The topological polar surface area (TPSA) is 123 Å². The molecule has 1 aromatic carbocycles. The van der Waals surface area contributed by atoms with Crippen LogP contribution in [-0.2, 0) is 20.4 Å². The van der Waals surface area contributed by atoms with Gasteiger partial charge in [0.15, 0.2) is 11.0 Å². The van der Waals surface area contributed by atoms with Crippen LogP contribution >= 0.6 is 0 Å². The van der Waals surface area contributed by atoms with Crippen molar-refractivity contribution in [1.29, 1.82) is 0 Å². The predicted molar refractivity (Wildman–Crippen MR) is 101 cm³/mol. The van der Waals surface area contributed by atoms with Crippen molar-refractivity contribution in [1.82, 2.24) is 4.72 Å². The lowest BCUT2D eigenvalue weighted by atomic mass is 9.77. The third-order valence-corrected chi connectivity index (χ3v) is 4.72. The number of hydrogen-bond donors (Lipinski definition) is 4. The molecule has 0 aromatic heterocycles. The van der Waals surface area contributed by atoms with Crippen LogP contribution in [0.25, 0.3) is 0 Å². The van der Waals surface area contributed by atoms with Crippen LogP contribution in [0.1, 0.15) is 6.92 Å². The molecule has 1 aromatic rings. The summed E-state index contributed by atoms with van der Waals surface area (Å²) in [6, 6.07) is 4.59. The van der Waals surface area contributed by atoms with Gasteiger partial charge < -0.3 is 24.9 Å². The van der Waals surface area contributed by atoms with E-state index in [1.54, 1.807) is 25.1 Å². The van der Waals surface area contributed by atoms with E-state index < -0.39 is 24.2 Å². The summed E-state index contributed by atoms with van der Waals surface area (Å²) in [5, 5.41) is 12.3. The van der Waals surface area contributed by atoms with Gasteiger partial charge in [-0.1, -0.05) is 12.7 Å². The number of carbonyl (C=O) groups excluding carboxylic acids is 1. The highest BCUT2D eigenvalue weighted by molar-refractivity contribution is 7.83. The van der Waals surface area contributed by atoms with Crippen molar-refractivity contribution < 1.29 is 23.4 Å². The van der Waals surface area contributed by atoms with Crippen LogP contribution in [0, 0.1) is 0 Å². The molecule has 2 rings (SSSR count). The van der Waals surface area contributed by atoms with Crippen LogP contribution in [0.4, 0.5) is 16.2 Å². The number of methoxy groups -OCH3 is 1. The lowest BCUT2D eigenvalue weighted by Gasteiger charge is -2.13. The molecule has 26 heavy (non-hydrogen) atoms. The molecule has 1 amide bonds. The molecule has 1 saturated heterocycles. The summed E-state index contributed by atoms with van der Waals surface area (Å²) < 4.78 is 25.2. The third-order valence-electron chi connectivity index (χ3n) is 3.55. The number of benzene rings is 1. The van der Waals surface area contributed by atoms with Gasteiger partial charge in [0.05, 0.1) is 24.3 Å². The van der Waals surface area contributed by atoms with E-state index in [9.17, 15) is 14.0 Å². The maximum atomic E-state index is 12.7. The van der Waals surface area contributed by atoms with Gasteiger partial charge in [0.1, 0.15) is 0 Å². The summed E-state index contributed by atoms with van der Waals surface area (Å²) in [5.74, 6) is 0. The summed E-state index contributed by atoms with van der Waals surface area (Å²) in [6.07, 6.45) is 2.60. The number of hydrogen-bond acceptors (Lipinski definition) is 6. The first-order valence-electron chi connectivity index (χ1n) is 7.64. The van der Waals surface area contributed by atoms with E-state index in [0.29, 0.717) is 27.3 Å². The average molecular weight is 377 g/mol. The molecule has 1 aliphatic rings. The first kappa shape index (κ1) is 19.8. The van der Waals surface area contributed by atoms with Gasteiger partial charge >= 0.3 is 13.2 Å². The van der Waals surface area contributed by atoms with Crippen LogP contribution < -0.4 is 15.8 Å². The number of ether oxygens (including phenoxy) is 1. The molecule has 1 aliphatic heterocycles. The lowest BCUT2D eigenvalue weighted by Crippen LogP contribution is -2.20. The molecule has 5 N–H and O–H groups in total. The normalized spacial score (nSPS) is 17.3. The van der Waals surface area contributed by atoms with Crippen LogP contribution in [0.2, 0.25) is 0 Å². The zero-order chi connectivity index (χ0) is 19.3. The number of allylic oxidation sites excluding steroid dienone is 2. The van der Waals surface area contributed by atoms with Crippen LogP contribution in [0.5, 0.6) is 0 Å². The van der Waals surface area contributed by atoms with Crippen LogP contribution in [-0.4, -0.2) is 36.2 Å². The Labute approximate surface area is 154 Å². The maximum absolute atomic E-state index is 12.7. The molecule has 0 aliphatic carbocycles. The summed E-state index contributed by atoms with van der Waals surface area (Å²) >= 11 is 0. The van der Waals surface area contributed by atoms with E-state index in [2.05, 4.69) is 21.4 Å². The van der Waals surface area contributed by atoms with E-state index >= 15 is 0 Å². The Morgan fingerprint density at radius 2 is 2.27 bits per heavy atom. The van der Waals surface area contributed by atoms with Crippen LogP contribution in [0.15, 0.2) is 58.6 Å². The predicted octanol–water partition coefficient (Wildman–Crippen LogP) is 1.50. The summed E-state index contributed by atoms with van der Waals surface area (Å²) in [4.78, 5) is 11.8. The number of nitrogens with two attached hydrogens (primary N) is 1. The number of anilines is 2. The van der Waals surface area contributed by atoms with E-state index in [1.165, 1.54) is 19.2 Å². The highest BCUT2D eigenvalue weighted by Gasteiger charge is 2.29. The fourth-order valence-corrected chi connectivity index (χ4v) is 3.17. The fraction of sp³-hybridized carbons (Fsp3) is 0.188. The van der Waals surface area contributed by atoms with Gasteiger partial charge in [-0.15, -0.1) is 0 Å². The summed E-state index contributed by atoms with van der Waals surface area (Å²) in [6.45, 7) is 5.80. The van der Waals surface area contributed by atoms with Crippen molar-refractivity contribution in [2.45, 2.75) is 11.8 Å². The summed E-state index contributed by atoms with van der Waals surface area (Å²) in [5.41, 5.74) is 8.03. The van der Waals surface area contributed by atoms with E-state index in [4.69, 9.17) is 10.4 Å². The average Bonchev–Trinajstić information content (AvgIpc) is 2.92. The molecule has 0 bridgehead atoms. The van der Waals surface area contributed by atoms with E-state index in [1.807, 2.05) is 0 Å². The van der Waals surface area contributed by atoms with Gasteiger partial charge in [-0.05, 0) is 42.2 Å². The molecule has 1 heterocycles. The minimum atomic E-state index is -1.71. The number of amides is 1. The van der Waals surface area contributed by atoms with Gasteiger partial charge in [-0.3, -0.25) is 5.32 Å². The van der Waals surface area contributed by atoms with Crippen LogP contribution in [0.3, 0.4) is 0 Å². The minimum absolute atomic E-state index is 0.234. The standard InChI is InChI=1S/C16H20BN3O5S/c1-4-12(8-13-10(2)9-25-17(13)22)20-26(23)15-6-5-11(18)7-14(15)19-16(21)24-3/h4-8,20,22H,2,9,18H2,1,3H3,(H,19,21)/b12-4+,13-8+. The maximum Gasteiger partial charge on any atom is 0.491 e. The SMILES string of the molecule is C=C1COB(O)/C1=C/C(=C\C)NS(=O)c1ccc(N)cc1NC(=O)OC. The number of nitrogen functional groups attached to an aromatic ring is 1. The minimum Gasteiger partial charge on any atom is -0.453 e. The Balaban J connectivity index is 2.24. The number of rotatable bonds is 5. The molecule has 0 spiro atoms. The highest BCUT2D eigenvalue weighted by atomic mass is 32.2. The molecular formula is C16H20BN3O5S. The van der Waals surface area contributed by atoms with Crippen molar-refractivity contribution in [3.63, 3.8) is 0 Å². The Morgan fingerprint density at radius 3 is 2.85 bits per heavy atom. The Bertz CT molecular complexity index is 809. The first-order chi connectivity index (χ1) is 12.3. The number of nitrogens with one attached hydrogen (secondary N) is 2. The summed E-state index contributed by atoms with van der Waals surface area (Å²) in [7, 11) is -1.56. The van der Waals surface area contributed by atoms with Crippen molar-refractivity contribution in [3.8, 4) is 0 Å². The lowest BCUT2D eigenvalue weighted by molar-refractivity contribution is 0.187. The van der Waals surface area contributed by atoms with Crippen molar-refractivity contribution in [3.05, 3.63) is 53.7 Å². The van der Waals surface area contributed by atoms with Crippen molar-refractivity contribution in [2.24, 2.45) is 0 Å². The molecule has 10 heteroatoms. The van der Waals surface area contributed by atoms with E-state index in [0.717, 1.165) is 0 Å². The van der Waals surface area contributed by atoms with Gasteiger partial charge in [-0.2, -0.15) is 0 Å². The van der Waals surface area contributed by atoms with Gasteiger partial charge in [0, 0.05) is 11.4 Å². The zero-order valence-electron chi connectivity index (χ0n) is 14.4. The van der Waals surface area contributed by atoms with Crippen molar-refractivity contribution in [2.75, 3.05) is 24.8 Å². The second kappa shape index (κ2) is 8.70. The zero-order valence-corrected chi connectivity index (χ0v) is 15.3. The molecular weight excluding hydrogens is 357 g/mol. The molecule has 138 valence electrons. The third kappa shape index (κ3) is 4.75. The van der Waals surface area contributed by atoms with Gasteiger partial charge in [0.25, 0.3) is 0 Å². The Kier molecular flexibility index (Phi) is 6.61. The quantitative estimate of drug-likeness (QED) is 0.456. The Hall–Kier alpha value is -2.56. The second-order valence-electron chi connectivity index (χ2n) is 5.35. The largest absolute Gasteiger partial charge is 0.491 e. The molecule has 1 fully saturated rings.